The molecule has 3 fully saturated rings. The van der Waals surface area contributed by atoms with E-state index in [1.807, 2.05) is 6.08 Å². The van der Waals surface area contributed by atoms with Gasteiger partial charge in [-0.2, -0.15) is 0 Å². The van der Waals surface area contributed by atoms with E-state index >= 15 is 0 Å². The van der Waals surface area contributed by atoms with E-state index in [9.17, 15) is 24.3 Å². The van der Waals surface area contributed by atoms with Gasteiger partial charge in [0.25, 0.3) is 11.8 Å². The number of fused-ring (bicyclic) bond motifs is 4. The van der Waals surface area contributed by atoms with E-state index in [1.54, 1.807) is 19.1 Å². The van der Waals surface area contributed by atoms with E-state index in [-0.39, 0.29) is 41.7 Å². The molecule has 0 radical (unpaired) electrons. The molecule has 2 heterocycles. The number of rotatable bonds is 4. The van der Waals surface area contributed by atoms with E-state index in [1.165, 1.54) is 18.1 Å². The highest BCUT2D eigenvalue weighted by atomic mass is 79.9. The van der Waals surface area contributed by atoms with Gasteiger partial charge in [0.15, 0.2) is 21.2 Å². The molecule has 5 rings (SSSR count). The number of hydrogen-bond donors (Lipinski definition) is 1. The summed E-state index contributed by atoms with van der Waals surface area (Å²) in [6.45, 7) is 1.99. The maximum Gasteiger partial charge on any atom is 0.254 e. The zero-order valence-electron chi connectivity index (χ0n) is 19.0. The lowest BCUT2D eigenvalue weighted by atomic mass is 9.56. The molecule has 6 atom stereocenters. The summed E-state index contributed by atoms with van der Waals surface area (Å²) in [4.78, 5) is 51.9. The largest absolute Gasteiger partial charge is 0.504 e. The molecule has 0 spiro atoms. The number of aromatic hydroxyl groups is 1. The molecular formula is C24H23BrCl2N2O6. The number of carbonyl (C=O) groups is 4. The first-order valence-electron chi connectivity index (χ1n) is 11.3. The van der Waals surface area contributed by atoms with Crippen LogP contribution in [0.5, 0.6) is 11.5 Å². The Morgan fingerprint density at radius 2 is 1.83 bits per heavy atom. The number of nitrogens with zero attached hydrogens (tertiary/aromatic N) is 2. The number of phenolic OH excluding ortho intramolecular Hbond substituents is 1. The number of ether oxygens (including phenoxy) is 1. The number of likely N-dealkylation sites (tertiary alicyclic amines) is 2. The monoisotopic (exact) mass is 584 g/mol. The van der Waals surface area contributed by atoms with Gasteiger partial charge in [-0.15, -0.1) is 23.2 Å². The van der Waals surface area contributed by atoms with Crippen LogP contribution in [0.1, 0.15) is 31.2 Å². The number of allylic oxidation sites excluding steroid dienone is 2. The fourth-order valence-corrected chi connectivity index (χ4v) is 7.82. The normalized spacial score (nSPS) is 36.2. The lowest BCUT2D eigenvalue weighted by molar-refractivity contribution is -0.141. The molecule has 1 N–H and O–H groups in total. The maximum atomic E-state index is 13.6. The lowest BCUT2D eigenvalue weighted by Crippen LogP contribution is -2.60. The third kappa shape index (κ3) is 2.98. The number of halogens is 3. The summed E-state index contributed by atoms with van der Waals surface area (Å²) >= 11 is 17.4. The van der Waals surface area contributed by atoms with E-state index < -0.39 is 45.2 Å². The van der Waals surface area contributed by atoms with Crippen LogP contribution in [0.3, 0.4) is 0 Å². The van der Waals surface area contributed by atoms with Crippen LogP contribution in [0.15, 0.2) is 29.8 Å². The van der Waals surface area contributed by atoms with Crippen LogP contribution in [0.25, 0.3) is 0 Å². The second-order valence-electron chi connectivity index (χ2n) is 9.34. The van der Waals surface area contributed by atoms with Crippen molar-refractivity contribution in [2.75, 3.05) is 19.1 Å². The Morgan fingerprint density at radius 3 is 2.43 bits per heavy atom. The molecule has 2 aliphatic heterocycles. The van der Waals surface area contributed by atoms with E-state index in [0.717, 1.165) is 4.90 Å². The first-order valence-corrected chi connectivity index (χ1v) is 13.2. The number of amides is 4. The Bertz CT molecular complexity index is 1210. The Kier molecular flexibility index (Phi) is 5.77. The molecular weight excluding hydrogens is 563 g/mol. The zero-order chi connectivity index (χ0) is 25.4. The Hall–Kier alpha value is -2.10. The molecule has 186 valence electrons. The fourth-order valence-electron chi connectivity index (χ4n) is 6.39. The van der Waals surface area contributed by atoms with Crippen molar-refractivity contribution in [1.82, 2.24) is 9.80 Å². The molecule has 4 amide bonds. The van der Waals surface area contributed by atoms with Crippen molar-refractivity contribution in [2.24, 2.45) is 17.8 Å². The lowest BCUT2D eigenvalue weighted by Gasteiger charge is -2.50. The summed E-state index contributed by atoms with van der Waals surface area (Å²) in [5.74, 6) is -4.52. The number of phenols is 1. The van der Waals surface area contributed by atoms with Gasteiger partial charge in [-0.3, -0.25) is 29.0 Å². The molecule has 0 aromatic heterocycles. The molecule has 0 bridgehead atoms. The van der Waals surface area contributed by atoms with E-state index in [4.69, 9.17) is 27.9 Å². The first-order chi connectivity index (χ1) is 16.6. The summed E-state index contributed by atoms with van der Waals surface area (Å²) in [5.41, 5.74) is 1.04. The highest BCUT2D eigenvalue weighted by Gasteiger charge is 2.76. The average molecular weight is 586 g/mol. The van der Waals surface area contributed by atoms with Gasteiger partial charge in [-0.1, -0.05) is 33.6 Å². The zero-order valence-corrected chi connectivity index (χ0v) is 22.1. The summed E-state index contributed by atoms with van der Waals surface area (Å²) in [7, 11) is 1.41. The van der Waals surface area contributed by atoms with E-state index in [2.05, 4.69) is 15.9 Å². The number of carbonyl (C=O) groups excluding carboxylic acids is 4. The quantitative estimate of drug-likeness (QED) is 0.252. The third-order valence-electron chi connectivity index (χ3n) is 7.96. The predicted octanol–water partition coefficient (Wildman–Crippen LogP) is 3.13. The molecule has 1 aromatic rings. The summed E-state index contributed by atoms with van der Waals surface area (Å²) in [6, 6.07) is 4.65. The summed E-state index contributed by atoms with van der Waals surface area (Å²) in [5, 5.41) is 10.5. The predicted molar refractivity (Wildman–Crippen MR) is 130 cm³/mol. The smallest absolute Gasteiger partial charge is 0.254 e. The minimum Gasteiger partial charge on any atom is -0.504 e. The molecule has 11 heteroatoms. The van der Waals surface area contributed by atoms with Crippen molar-refractivity contribution in [3.8, 4) is 11.5 Å². The fraction of sp³-hybridized carbons (Fsp3) is 0.500. The molecule has 4 aliphatic rings. The van der Waals surface area contributed by atoms with Crippen LogP contribution in [0, 0.1) is 17.8 Å². The summed E-state index contributed by atoms with van der Waals surface area (Å²) < 4.78 is 5.16. The van der Waals surface area contributed by atoms with Crippen LogP contribution in [0.4, 0.5) is 0 Å². The molecule has 8 nitrogen and oxygen atoms in total. The van der Waals surface area contributed by atoms with Gasteiger partial charge >= 0.3 is 0 Å². The standard InChI is InChI=1S/C24H23BrCl2N2O6/c1-3-28-19(31)13-6-5-12-14(17(13)20(28)32)9-23(26)21(33)29(10-25)22(34)24(23,27)18(12)11-4-7-16(35-2)15(30)8-11/h4-5,7-8,13-14,17-18,30H,3,6,9-10H2,1-2H3/t13-,14+,17-,18-,23+,24-/m0/s1. The minimum atomic E-state index is -1.90. The molecule has 2 saturated heterocycles. The van der Waals surface area contributed by atoms with Crippen LogP contribution in [-0.4, -0.2) is 67.4 Å². The highest BCUT2D eigenvalue weighted by Crippen LogP contribution is 2.65. The number of alkyl halides is 3. The maximum absolute atomic E-state index is 13.6. The van der Waals surface area contributed by atoms with Crippen molar-refractivity contribution < 1.29 is 29.0 Å². The van der Waals surface area contributed by atoms with Gasteiger partial charge < -0.3 is 9.84 Å². The molecule has 1 saturated carbocycles. The third-order valence-corrected chi connectivity index (χ3v) is 9.87. The number of methoxy groups -OCH3 is 1. The van der Waals surface area contributed by atoms with Gasteiger partial charge in [0.1, 0.15) is 0 Å². The Morgan fingerprint density at radius 1 is 1.11 bits per heavy atom. The summed E-state index contributed by atoms with van der Waals surface area (Å²) in [6.07, 6.45) is 2.11. The van der Waals surface area contributed by atoms with Crippen LogP contribution >= 0.6 is 39.1 Å². The molecule has 35 heavy (non-hydrogen) atoms. The minimum absolute atomic E-state index is 0.0612. The number of imide groups is 2. The van der Waals surface area contributed by atoms with Gasteiger partial charge in [-0.05, 0) is 43.4 Å². The van der Waals surface area contributed by atoms with Gasteiger partial charge in [0, 0.05) is 12.5 Å². The first kappa shape index (κ1) is 24.6. The average Bonchev–Trinajstić information content (AvgIpc) is 3.16. The van der Waals surface area contributed by atoms with Crippen LogP contribution in [0.2, 0.25) is 0 Å². The van der Waals surface area contributed by atoms with Gasteiger partial charge in [0.05, 0.1) is 24.4 Å². The second kappa shape index (κ2) is 8.21. The van der Waals surface area contributed by atoms with Crippen LogP contribution < -0.4 is 4.74 Å². The molecule has 1 aromatic carbocycles. The van der Waals surface area contributed by atoms with Crippen molar-refractivity contribution >= 4 is 62.8 Å². The van der Waals surface area contributed by atoms with Gasteiger partial charge in [0.2, 0.25) is 11.8 Å². The van der Waals surface area contributed by atoms with Crippen molar-refractivity contribution in [3.05, 3.63) is 35.4 Å². The topological polar surface area (TPSA) is 104 Å². The Balaban J connectivity index is 1.73. The van der Waals surface area contributed by atoms with Crippen molar-refractivity contribution in [3.63, 3.8) is 0 Å². The van der Waals surface area contributed by atoms with Crippen molar-refractivity contribution in [2.45, 2.75) is 35.4 Å². The van der Waals surface area contributed by atoms with E-state index in [0.29, 0.717) is 17.6 Å². The van der Waals surface area contributed by atoms with Gasteiger partial charge in [-0.25, -0.2) is 0 Å². The van der Waals surface area contributed by atoms with Crippen molar-refractivity contribution in [1.29, 1.82) is 0 Å². The number of hydrogen-bond acceptors (Lipinski definition) is 6. The van der Waals surface area contributed by atoms with Crippen LogP contribution in [-0.2, 0) is 19.2 Å². The second-order valence-corrected chi connectivity index (χ2v) is 11.1. The number of benzene rings is 1. The molecule has 0 unspecified atom stereocenters. The SMILES string of the molecule is CCN1C(=O)[C@H]2[C@H](CC=C3[C@H]2C[C@@]2(Cl)C(=O)N(CBr)C(=O)[C@@]2(Cl)[C@H]3c2ccc(OC)c(O)c2)C1=O. The molecule has 2 aliphatic carbocycles. The highest BCUT2D eigenvalue weighted by molar-refractivity contribution is 9.09. The Labute approximate surface area is 220 Å².